The fourth-order valence-corrected chi connectivity index (χ4v) is 1.20. The lowest BCUT2D eigenvalue weighted by Gasteiger charge is -2.16. The molecule has 1 atom stereocenters. The van der Waals surface area contributed by atoms with Crippen molar-refractivity contribution in [3.63, 3.8) is 0 Å². The molecule has 0 saturated carbocycles. The second-order valence-corrected chi connectivity index (χ2v) is 4.10. The summed E-state index contributed by atoms with van der Waals surface area (Å²) in [6.07, 6.45) is 3.50. The normalized spacial score (nSPS) is 13.1. The predicted molar refractivity (Wildman–Crippen MR) is 61.5 cm³/mol. The highest BCUT2D eigenvalue weighted by molar-refractivity contribution is 5.04. The molecular weight excluding hydrogens is 188 g/mol. The highest BCUT2D eigenvalue weighted by atomic mass is 15.1. The van der Waals surface area contributed by atoms with Crippen LogP contribution in [0.5, 0.6) is 0 Å². The molecule has 1 aromatic heterocycles. The van der Waals surface area contributed by atoms with E-state index in [0.717, 1.165) is 13.1 Å². The molecule has 1 heterocycles. The van der Waals surface area contributed by atoms with Crippen LogP contribution >= 0.6 is 0 Å². The summed E-state index contributed by atoms with van der Waals surface area (Å²) in [5.41, 5.74) is 1.17. The Labute approximate surface area is 91.5 Å². The predicted octanol–water partition coefficient (Wildman–Crippen LogP) is 0.953. The molecule has 84 valence electrons. The maximum atomic E-state index is 3.83. The second-order valence-electron chi connectivity index (χ2n) is 4.10. The second kappa shape index (κ2) is 6.48. The van der Waals surface area contributed by atoms with Crippen molar-refractivity contribution in [3.05, 3.63) is 24.0 Å². The van der Waals surface area contributed by atoms with Crippen molar-refractivity contribution in [2.45, 2.75) is 39.4 Å². The summed E-state index contributed by atoms with van der Waals surface area (Å²) >= 11 is 0. The molecule has 4 heteroatoms. The lowest BCUT2D eigenvalue weighted by molar-refractivity contribution is 0.473. The van der Waals surface area contributed by atoms with Crippen molar-refractivity contribution in [1.29, 1.82) is 0 Å². The van der Waals surface area contributed by atoms with Crippen LogP contribution in [-0.2, 0) is 6.54 Å². The van der Waals surface area contributed by atoms with Crippen LogP contribution in [0.4, 0.5) is 0 Å². The first-order valence-corrected chi connectivity index (χ1v) is 5.41. The third-order valence-corrected chi connectivity index (χ3v) is 2.13. The number of nitrogens with zero attached hydrogens (tertiary/aromatic N) is 2. The van der Waals surface area contributed by atoms with Gasteiger partial charge in [0.05, 0.1) is 6.20 Å². The Morgan fingerprint density at radius 1 is 1.20 bits per heavy atom. The monoisotopic (exact) mass is 208 g/mol. The number of hydrogen-bond acceptors (Lipinski definition) is 4. The first-order chi connectivity index (χ1) is 7.18. The van der Waals surface area contributed by atoms with Crippen molar-refractivity contribution < 1.29 is 0 Å². The van der Waals surface area contributed by atoms with Gasteiger partial charge in [-0.3, -0.25) is 0 Å². The Bertz CT molecular complexity index is 261. The molecular formula is C11H20N4. The minimum Gasteiger partial charge on any atom is -0.313 e. The minimum absolute atomic E-state index is 0.459. The van der Waals surface area contributed by atoms with Crippen molar-refractivity contribution in [2.75, 3.05) is 6.54 Å². The molecule has 0 radical (unpaired) electrons. The van der Waals surface area contributed by atoms with Crippen LogP contribution in [0.15, 0.2) is 18.5 Å². The summed E-state index contributed by atoms with van der Waals surface area (Å²) < 4.78 is 0. The lowest BCUT2D eigenvalue weighted by Crippen LogP contribution is -2.38. The molecule has 1 aromatic rings. The van der Waals surface area contributed by atoms with E-state index in [4.69, 9.17) is 0 Å². The first kappa shape index (κ1) is 12.1. The molecule has 1 unspecified atom stereocenters. The largest absolute Gasteiger partial charge is 0.313 e. The molecule has 0 fully saturated rings. The topological polar surface area (TPSA) is 49.8 Å². The highest BCUT2D eigenvalue weighted by Gasteiger charge is 2.01. The van der Waals surface area contributed by atoms with E-state index in [1.165, 1.54) is 5.56 Å². The summed E-state index contributed by atoms with van der Waals surface area (Å²) in [5.74, 6) is 0. The van der Waals surface area contributed by atoms with Gasteiger partial charge in [0.2, 0.25) is 0 Å². The lowest BCUT2D eigenvalue weighted by atomic mass is 10.2. The van der Waals surface area contributed by atoms with Gasteiger partial charge in [-0.15, -0.1) is 0 Å². The zero-order valence-corrected chi connectivity index (χ0v) is 9.70. The molecule has 0 saturated heterocycles. The molecule has 1 rings (SSSR count). The summed E-state index contributed by atoms with van der Waals surface area (Å²) in [4.78, 5) is 0. The number of aromatic nitrogens is 2. The van der Waals surface area contributed by atoms with Crippen LogP contribution in [-0.4, -0.2) is 28.8 Å². The molecule has 0 aliphatic carbocycles. The molecule has 0 aromatic carbocycles. The van der Waals surface area contributed by atoms with Gasteiger partial charge < -0.3 is 10.6 Å². The third kappa shape index (κ3) is 5.44. The zero-order valence-electron chi connectivity index (χ0n) is 9.70. The van der Waals surface area contributed by atoms with E-state index in [9.17, 15) is 0 Å². The molecule has 0 spiro atoms. The SMILES string of the molecule is CC(C)NCC(C)NCc1ccnnc1. The molecule has 4 nitrogen and oxygen atoms in total. The number of nitrogens with one attached hydrogen (secondary N) is 2. The summed E-state index contributed by atoms with van der Waals surface area (Å²) in [6.45, 7) is 8.30. The Kier molecular flexibility index (Phi) is 5.21. The standard InChI is InChI=1S/C11H20N4/c1-9(2)12-6-10(3)13-7-11-4-5-14-15-8-11/h4-5,8-10,12-13H,6-7H2,1-3H3. The van der Waals surface area contributed by atoms with Crippen molar-refractivity contribution in [1.82, 2.24) is 20.8 Å². The van der Waals surface area contributed by atoms with Gasteiger partial charge in [-0.2, -0.15) is 10.2 Å². The smallest absolute Gasteiger partial charge is 0.0541 e. The van der Waals surface area contributed by atoms with Gasteiger partial charge in [-0.25, -0.2) is 0 Å². The van der Waals surface area contributed by atoms with Gasteiger partial charge in [0, 0.05) is 31.4 Å². The summed E-state index contributed by atoms with van der Waals surface area (Å²) in [7, 11) is 0. The minimum atomic E-state index is 0.459. The molecule has 0 aliphatic rings. The van der Waals surface area contributed by atoms with E-state index < -0.39 is 0 Å². The van der Waals surface area contributed by atoms with Gasteiger partial charge in [0.1, 0.15) is 0 Å². The van der Waals surface area contributed by atoms with E-state index in [2.05, 4.69) is 41.6 Å². The summed E-state index contributed by atoms with van der Waals surface area (Å²) in [6, 6.07) is 2.97. The third-order valence-electron chi connectivity index (χ3n) is 2.13. The van der Waals surface area contributed by atoms with Crippen LogP contribution in [0.2, 0.25) is 0 Å². The van der Waals surface area contributed by atoms with Gasteiger partial charge in [-0.05, 0) is 18.6 Å². The van der Waals surface area contributed by atoms with Crippen LogP contribution in [0.3, 0.4) is 0 Å². The molecule has 0 amide bonds. The van der Waals surface area contributed by atoms with Gasteiger partial charge in [0.25, 0.3) is 0 Å². The fourth-order valence-electron chi connectivity index (χ4n) is 1.20. The molecule has 2 N–H and O–H groups in total. The van der Waals surface area contributed by atoms with E-state index in [0.29, 0.717) is 12.1 Å². The van der Waals surface area contributed by atoms with E-state index >= 15 is 0 Å². The van der Waals surface area contributed by atoms with Crippen molar-refractivity contribution in [2.24, 2.45) is 0 Å². The average Bonchev–Trinajstić information content (AvgIpc) is 2.25. The molecule has 0 bridgehead atoms. The van der Waals surface area contributed by atoms with Crippen molar-refractivity contribution >= 4 is 0 Å². The molecule has 15 heavy (non-hydrogen) atoms. The Balaban J connectivity index is 2.19. The van der Waals surface area contributed by atoms with Crippen LogP contribution in [0.1, 0.15) is 26.3 Å². The highest BCUT2D eigenvalue weighted by Crippen LogP contribution is 1.93. The molecule has 0 aliphatic heterocycles. The maximum Gasteiger partial charge on any atom is 0.0541 e. The van der Waals surface area contributed by atoms with E-state index in [-0.39, 0.29) is 0 Å². The fraction of sp³-hybridized carbons (Fsp3) is 0.636. The summed E-state index contributed by atoms with van der Waals surface area (Å²) in [5, 5.41) is 14.4. The van der Waals surface area contributed by atoms with Crippen LogP contribution < -0.4 is 10.6 Å². The Morgan fingerprint density at radius 2 is 2.00 bits per heavy atom. The van der Waals surface area contributed by atoms with Gasteiger partial charge in [-0.1, -0.05) is 13.8 Å². The average molecular weight is 208 g/mol. The van der Waals surface area contributed by atoms with Gasteiger partial charge in [0.15, 0.2) is 0 Å². The van der Waals surface area contributed by atoms with Crippen LogP contribution in [0, 0.1) is 0 Å². The van der Waals surface area contributed by atoms with E-state index in [1.807, 2.05) is 6.07 Å². The quantitative estimate of drug-likeness (QED) is 0.731. The zero-order chi connectivity index (χ0) is 11.1. The van der Waals surface area contributed by atoms with Crippen LogP contribution in [0.25, 0.3) is 0 Å². The number of rotatable bonds is 6. The van der Waals surface area contributed by atoms with E-state index in [1.54, 1.807) is 12.4 Å². The first-order valence-electron chi connectivity index (χ1n) is 5.41. The maximum absolute atomic E-state index is 3.83. The Hall–Kier alpha value is -1.00. The Morgan fingerprint density at radius 3 is 2.60 bits per heavy atom. The number of hydrogen-bond donors (Lipinski definition) is 2. The van der Waals surface area contributed by atoms with Crippen molar-refractivity contribution in [3.8, 4) is 0 Å². The van der Waals surface area contributed by atoms with Gasteiger partial charge >= 0.3 is 0 Å².